The van der Waals surface area contributed by atoms with Gasteiger partial charge in [0.15, 0.2) is 0 Å². The molecule has 0 spiro atoms. The van der Waals surface area contributed by atoms with Crippen LogP contribution < -0.4 is 5.32 Å². The molecular formula is C27H27N3O3. The second-order valence-corrected chi connectivity index (χ2v) is 8.34. The first-order chi connectivity index (χ1) is 16.2. The molecule has 1 saturated heterocycles. The van der Waals surface area contributed by atoms with Gasteiger partial charge in [0, 0.05) is 37.3 Å². The molecule has 2 aliphatic heterocycles. The molecule has 1 N–H and O–H groups in total. The minimum Gasteiger partial charge on any atom is -0.379 e. The maximum atomic E-state index is 13.5. The van der Waals surface area contributed by atoms with E-state index in [9.17, 15) is 9.59 Å². The van der Waals surface area contributed by atoms with E-state index in [0.29, 0.717) is 17.8 Å². The van der Waals surface area contributed by atoms with E-state index in [-0.39, 0.29) is 11.8 Å². The Bertz CT molecular complexity index is 1190. The lowest BCUT2D eigenvalue weighted by Gasteiger charge is -2.27. The van der Waals surface area contributed by atoms with Crippen LogP contribution >= 0.6 is 0 Å². The number of carbonyl (C=O) groups excluding carboxylic acids is 2. The van der Waals surface area contributed by atoms with Crippen LogP contribution in [0.1, 0.15) is 12.0 Å². The quantitative estimate of drug-likeness (QED) is 0.566. The van der Waals surface area contributed by atoms with Crippen molar-refractivity contribution in [2.75, 3.05) is 44.7 Å². The van der Waals surface area contributed by atoms with Crippen LogP contribution in [0, 0.1) is 0 Å². The zero-order valence-electron chi connectivity index (χ0n) is 18.5. The number of carbonyl (C=O) groups is 2. The largest absolute Gasteiger partial charge is 0.379 e. The first-order valence-corrected chi connectivity index (χ1v) is 11.4. The summed E-state index contributed by atoms with van der Waals surface area (Å²) in [6, 6.07) is 23.4. The highest BCUT2D eigenvalue weighted by molar-refractivity contribution is 6.36. The number of amides is 2. The number of hydrogen-bond donors (Lipinski definition) is 1. The van der Waals surface area contributed by atoms with E-state index in [1.807, 2.05) is 72.8 Å². The molecular weight excluding hydrogens is 414 g/mol. The number of hydrogen-bond acceptors (Lipinski definition) is 5. The molecule has 0 saturated carbocycles. The molecule has 6 nitrogen and oxygen atoms in total. The van der Waals surface area contributed by atoms with Gasteiger partial charge in [-0.15, -0.1) is 0 Å². The monoisotopic (exact) mass is 441 g/mol. The zero-order valence-corrected chi connectivity index (χ0v) is 18.5. The molecule has 5 rings (SSSR count). The van der Waals surface area contributed by atoms with Crippen LogP contribution in [0.3, 0.4) is 0 Å². The van der Waals surface area contributed by atoms with Gasteiger partial charge in [0.25, 0.3) is 11.8 Å². The maximum Gasteiger partial charge on any atom is 0.278 e. The van der Waals surface area contributed by atoms with E-state index < -0.39 is 0 Å². The Morgan fingerprint density at radius 2 is 1.52 bits per heavy atom. The van der Waals surface area contributed by atoms with E-state index in [1.165, 1.54) is 4.90 Å². The van der Waals surface area contributed by atoms with Crippen molar-refractivity contribution in [2.45, 2.75) is 6.42 Å². The predicted molar refractivity (Wildman–Crippen MR) is 130 cm³/mol. The summed E-state index contributed by atoms with van der Waals surface area (Å²) in [7, 11) is 0. The van der Waals surface area contributed by atoms with Crippen molar-refractivity contribution in [3.63, 3.8) is 0 Å². The van der Waals surface area contributed by atoms with Crippen LogP contribution in [0.2, 0.25) is 0 Å². The summed E-state index contributed by atoms with van der Waals surface area (Å²) in [6.07, 6.45) is 0.737. The highest BCUT2D eigenvalue weighted by atomic mass is 16.5. The molecule has 168 valence electrons. The third kappa shape index (κ3) is 4.40. The number of benzene rings is 3. The van der Waals surface area contributed by atoms with Gasteiger partial charge in [0.1, 0.15) is 5.70 Å². The minimum absolute atomic E-state index is 0.240. The third-order valence-corrected chi connectivity index (χ3v) is 6.24. The van der Waals surface area contributed by atoms with Crippen molar-refractivity contribution in [3.8, 4) is 0 Å². The average Bonchev–Trinajstić information content (AvgIpc) is 3.09. The lowest BCUT2D eigenvalue weighted by molar-refractivity contribution is -0.136. The van der Waals surface area contributed by atoms with Gasteiger partial charge in [0.05, 0.1) is 18.8 Å². The van der Waals surface area contributed by atoms with Gasteiger partial charge >= 0.3 is 0 Å². The van der Waals surface area contributed by atoms with Gasteiger partial charge < -0.3 is 10.1 Å². The molecule has 0 bridgehead atoms. The van der Waals surface area contributed by atoms with E-state index >= 15 is 0 Å². The first-order valence-electron chi connectivity index (χ1n) is 11.4. The third-order valence-electron chi connectivity index (χ3n) is 6.24. The molecule has 0 aliphatic carbocycles. The molecule has 2 amide bonds. The summed E-state index contributed by atoms with van der Waals surface area (Å²) in [4.78, 5) is 30.6. The number of nitrogens with one attached hydrogen (secondary N) is 1. The summed E-state index contributed by atoms with van der Waals surface area (Å²) < 4.78 is 5.40. The molecule has 33 heavy (non-hydrogen) atoms. The summed E-state index contributed by atoms with van der Waals surface area (Å²) in [6.45, 7) is 4.49. The van der Waals surface area contributed by atoms with Gasteiger partial charge in [-0.3, -0.25) is 19.4 Å². The Kier molecular flexibility index (Phi) is 6.19. The Balaban J connectivity index is 1.43. The number of rotatable bonds is 7. The molecule has 2 aliphatic rings. The molecule has 0 unspecified atom stereocenters. The van der Waals surface area contributed by atoms with Gasteiger partial charge in [-0.2, -0.15) is 0 Å². The first kappa shape index (κ1) is 21.4. The van der Waals surface area contributed by atoms with Crippen molar-refractivity contribution in [1.29, 1.82) is 0 Å². The Hall–Kier alpha value is -3.48. The molecule has 0 radical (unpaired) electrons. The van der Waals surface area contributed by atoms with E-state index in [1.54, 1.807) is 0 Å². The summed E-state index contributed by atoms with van der Waals surface area (Å²) in [5.74, 6) is -0.510. The molecule has 2 heterocycles. The van der Waals surface area contributed by atoms with Crippen LogP contribution in [0.5, 0.6) is 0 Å². The van der Waals surface area contributed by atoms with Gasteiger partial charge in [-0.05, 0) is 23.4 Å². The van der Waals surface area contributed by atoms with Gasteiger partial charge in [0.2, 0.25) is 0 Å². The van der Waals surface area contributed by atoms with Crippen LogP contribution in [0.15, 0.2) is 78.5 Å². The molecule has 0 atom stereocenters. The van der Waals surface area contributed by atoms with Crippen molar-refractivity contribution >= 4 is 33.8 Å². The predicted octanol–water partition coefficient (Wildman–Crippen LogP) is 3.75. The zero-order chi connectivity index (χ0) is 22.6. The Labute approximate surface area is 193 Å². The van der Waals surface area contributed by atoms with Gasteiger partial charge in [-0.1, -0.05) is 66.7 Å². The minimum atomic E-state index is -0.270. The summed E-state index contributed by atoms with van der Waals surface area (Å²) >= 11 is 0. The van der Waals surface area contributed by atoms with Crippen molar-refractivity contribution in [3.05, 3.63) is 84.1 Å². The number of ether oxygens (including phenoxy) is 1. The smallest absolute Gasteiger partial charge is 0.278 e. The number of imide groups is 1. The topological polar surface area (TPSA) is 61.9 Å². The fraction of sp³-hybridized carbons (Fsp3) is 0.259. The SMILES string of the molecule is O=C1C(Nc2cccc3ccccc23)=C(c2ccccc2)C(=O)N1CCCN1CCOCC1. The lowest BCUT2D eigenvalue weighted by Crippen LogP contribution is -2.39. The van der Waals surface area contributed by atoms with E-state index in [0.717, 1.165) is 61.3 Å². The Morgan fingerprint density at radius 3 is 2.33 bits per heavy atom. The van der Waals surface area contributed by atoms with Crippen LogP contribution in [0.25, 0.3) is 16.3 Å². The molecule has 1 fully saturated rings. The number of fused-ring (bicyclic) bond motifs is 1. The molecule has 6 heteroatoms. The molecule has 3 aromatic rings. The van der Waals surface area contributed by atoms with E-state index in [2.05, 4.69) is 10.2 Å². The number of nitrogens with zero attached hydrogens (tertiary/aromatic N) is 2. The second-order valence-electron chi connectivity index (χ2n) is 8.34. The fourth-order valence-corrected chi connectivity index (χ4v) is 4.51. The van der Waals surface area contributed by atoms with Crippen LogP contribution in [0.4, 0.5) is 5.69 Å². The number of anilines is 1. The van der Waals surface area contributed by atoms with Crippen molar-refractivity contribution < 1.29 is 14.3 Å². The summed E-state index contributed by atoms with van der Waals surface area (Å²) in [5.41, 5.74) is 2.33. The normalized spacial score (nSPS) is 17.3. The van der Waals surface area contributed by atoms with Crippen molar-refractivity contribution in [1.82, 2.24) is 9.80 Å². The maximum absolute atomic E-state index is 13.5. The standard InChI is InChI=1S/C27H27N3O3/c31-26-24(21-9-2-1-3-10-21)25(28-23-13-6-11-20-8-4-5-12-22(20)23)27(32)30(26)15-7-14-29-16-18-33-19-17-29/h1-6,8-13,28H,7,14-19H2. The van der Waals surface area contributed by atoms with Crippen LogP contribution in [-0.4, -0.2) is 61.0 Å². The van der Waals surface area contributed by atoms with Gasteiger partial charge in [-0.25, -0.2) is 0 Å². The summed E-state index contributed by atoms with van der Waals surface area (Å²) in [5, 5.41) is 5.40. The lowest BCUT2D eigenvalue weighted by atomic mass is 10.0. The Morgan fingerprint density at radius 1 is 0.788 bits per heavy atom. The average molecular weight is 442 g/mol. The van der Waals surface area contributed by atoms with E-state index in [4.69, 9.17) is 4.74 Å². The van der Waals surface area contributed by atoms with Crippen LogP contribution in [-0.2, 0) is 14.3 Å². The second kappa shape index (κ2) is 9.57. The molecule has 3 aromatic carbocycles. The number of morpholine rings is 1. The fourth-order valence-electron chi connectivity index (χ4n) is 4.51. The molecule has 0 aromatic heterocycles. The highest BCUT2D eigenvalue weighted by Crippen LogP contribution is 2.32. The van der Waals surface area contributed by atoms with Crippen molar-refractivity contribution in [2.24, 2.45) is 0 Å². The highest BCUT2D eigenvalue weighted by Gasteiger charge is 2.39.